The molecule has 3 rings (SSSR count). The molecule has 0 fully saturated rings. The standard InChI is InChI=1S/C12H9IN2OS/c13-7-3-4-8-9(6-7)15-12(16)11(14-8)10-2-1-5-17-10/h1-6,11,14H,(H,15,16). The summed E-state index contributed by atoms with van der Waals surface area (Å²) in [6, 6.07) is 9.64. The molecule has 0 bridgehead atoms. The van der Waals surface area contributed by atoms with Crippen LogP contribution in [0.4, 0.5) is 11.4 Å². The number of benzene rings is 1. The fraction of sp³-hybridized carbons (Fsp3) is 0.0833. The van der Waals surface area contributed by atoms with Crippen molar-refractivity contribution < 1.29 is 4.79 Å². The van der Waals surface area contributed by atoms with Gasteiger partial charge in [-0.15, -0.1) is 11.3 Å². The van der Waals surface area contributed by atoms with Crippen LogP contribution in [0.1, 0.15) is 10.9 Å². The molecule has 1 amide bonds. The summed E-state index contributed by atoms with van der Waals surface area (Å²) in [5.74, 6) is 0.00181. The third kappa shape index (κ3) is 2.04. The van der Waals surface area contributed by atoms with E-state index in [0.29, 0.717) is 0 Å². The molecule has 2 aromatic rings. The van der Waals surface area contributed by atoms with Crippen molar-refractivity contribution in [3.05, 3.63) is 44.2 Å². The van der Waals surface area contributed by atoms with E-state index in [1.807, 2.05) is 35.7 Å². The van der Waals surface area contributed by atoms with Crippen LogP contribution in [0.25, 0.3) is 0 Å². The average Bonchev–Trinajstić information content (AvgIpc) is 2.81. The molecule has 1 aliphatic heterocycles. The van der Waals surface area contributed by atoms with Gasteiger partial charge in [0.1, 0.15) is 6.04 Å². The monoisotopic (exact) mass is 356 g/mol. The van der Waals surface area contributed by atoms with Crippen LogP contribution in [0, 0.1) is 3.57 Å². The Morgan fingerprint density at radius 3 is 2.88 bits per heavy atom. The fourth-order valence-corrected chi connectivity index (χ4v) is 3.09. The van der Waals surface area contributed by atoms with Gasteiger partial charge in [-0.2, -0.15) is 0 Å². The topological polar surface area (TPSA) is 41.1 Å². The number of rotatable bonds is 1. The van der Waals surface area contributed by atoms with E-state index in [1.165, 1.54) is 0 Å². The molecule has 0 saturated heterocycles. The van der Waals surface area contributed by atoms with Gasteiger partial charge in [-0.3, -0.25) is 4.79 Å². The SMILES string of the molecule is O=C1Nc2cc(I)ccc2NC1c1cccs1. The highest BCUT2D eigenvalue weighted by Gasteiger charge is 2.27. The predicted octanol–water partition coefficient (Wildman–Crippen LogP) is 3.46. The first-order valence-corrected chi connectivity index (χ1v) is 7.10. The van der Waals surface area contributed by atoms with Crippen molar-refractivity contribution in [3.63, 3.8) is 0 Å². The van der Waals surface area contributed by atoms with Crippen molar-refractivity contribution in [2.24, 2.45) is 0 Å². The molecule has 17 heavy (non-hydrogen) atoms. The van der Waals surface area contributed by atoms with E-state index in [0.717, 1.165) is 19.8 Å². The summed E-state index contributed by atoms with van der Waals surface area (Å²) in [5.41, 5.74) is 1.83. The Kier molecular flexibility index (Phi) is 2.79. The van der Waals surface area contributed by atoms with E-state index in [1.54, 1.807) is 11.3 Å². The van der Waals surface area contributed by atoms with Gasteiger partial charge in [-0.05, 0) is 52.2 Å². The van der Waals surface area contributed by atoms with Gasteiger partial charge in [-0.1, -0.05) is 6.07 Å². The maximum atomic E-state index is 12.0. The zero-order chi connectivity index (χ0) is 11.8. The van der Waals surface area contributed by atoms with Gasteiger partial charge in [0.2, 0.25) is 0 Å². The first-order valence-electron chi connectivity index (χ1n) is 5.14. The van der Waals surface area contributed by atoms with Crippen molar-refractivity contribution in [3.8, 4) is 0 Å². The molecule has 1 aromatic heterocycles. The molecule has 2 N–H and O–H groups in total. The summed E-state index contributed by atoms with van der Waals surface area (Å²) in [6.07, 6.45) is 0. The van der Waals surface area contributed by atoms with Crippen LogP contribution >= 0.6 is 33.9 Å². The number of hydrogen-bond acceptors (Lipinski definition) is 3. The number of amides is 1. The average molecular weight is 356 g/mol. The number of carbonyl (C=O) groups excluding carboxylic acids is 1. The second kappa shape index (κ2) is 4.30. The highest BCUT2D eigenvalue weighted by Crippen LogP contribution is 2.34. The number of carbonyl (C=O) groups is 1. The normalized spacial score (nSPS) is 18.2. The van der Waals surface area contributed by atoms with Crippen LogP contribution in [0.15, 0.2) is 35.7 Å². The van der Waals surface area contributed by atoms with Gasteiger partial charge in [0.05, 0.1) is 11.4 Å². The summed E-state index contributed by atoms with van der Waals surface area (Å²) in [6.45, 7) is 0. The van der Waals surface area contributed by atoms with E-state index in [2.05, 4.69) is 33.2 Å². The largest absolute Gasteiger partial charge is 0.368 e. The van der Waals surface area contributed by atoms with Crippen LogP contribution in [0.5, 0.6) is 0 Å². The Hall–Kier alpha value is -1.08. The molecule has 3 nitrogen and oxygen atoms in total. The molecule has 0 aliphatic carbocycles. The van der Waals surface area contributed by atoms with Gasteiger partial charge in [0.15, 0.2) is 0 Å². The Bertz CT molecular complexity index is 568. The molecule has 1 aromatic carbocycles. The Morgan fingerprint density at radius 2 is 2.12 bits per heavy atom. The number of hydrogen-bond donors (Lipinski definition) is 2. The summed E-state index contributed by atoms with van der Waals surface area (Å²) in [7, 11) is 0. The van der Waals surface area contributed by atoms with E-state index in [4.69, 9.17) is 0 Å². The van der Waals surface area contributed by atoms with Gasteiger partial charge in [-0.25, -0.2) is 0 Å². The van der Waals surface area contributed by atoms with E-state index in [9.17, 15) is 4.79 Å². The van der Waals surface area contributed by atoms with Gasteiger partial charge >= 0.3 is 0 Å². The van der Waals surface area contributed by atoms with E-state index in [-0.39, 0.29) is 11.9 Å². The summed E-state index contributed by atoms with van der Waals surface area (Å²) in [5, 5.41) is 8.19. The minimum Gasteiger partial charge on any atom is -0.368 e. The Labute approximate surface area is 116 Å². The lowest BCUT2D eigenvalue weighted by molar-refractivity contribution is -0.117. The third-order valence-corrected chi connectivity index (χ3v) is 4.24. The zero-order valence-electron chi connectivity index (χ0n) is 8.74. The first-order chi connectivity index (χ1) is 8.24. The quantitative estimate of drug-likeness (QED) is 0.769. The number of nitrogens with one attached hydrogen (secondary N) is 2. The summed E-state index contributed by atoms with van der Waals surface area (Å²) < 4.78 is 1.11. The lowest BCUT2D eigenvalue weighted by atomic mass is 10.1. The molecule has 1 aliphatic rings. The van der Waals surface area contributed by atoms with Crippen molar-refractivity contribution in [1.29, 1.82) is 0 Å². The molecule has 0 saturated carbocycles. The lowest BCUT2D eigenvalue weighted by Gasteiger charge is -2.26. The zero-order valence-corrected chi connectivity index (χ0v) is 11.7. The van der Waals surface area contributed by atoms with Crippen molar-refractivity contribution >= 4 is 51.2 Å². The van der Waals surface area contributed by atoms with Crippen molar-refractivity contribution in [2.75, 3.05) is 10.6 Å². The number of thiophene rings is 1. The molecular weight excluding hydrogens is 347 g/mol. The Balaban J connectivity index is 1.98. The predicted molar refractivity (Wildman–Crippen MR) is 78.5 cm³/mol. The van der Waals surface area contributed by atoms with Crippen LogP contribution in [0.3, 0.4) is 0 Å². The lowest BCUT2D eigenvalue weighted by Crippen LogP contribution is -2.31. The van der Waals surface area contributed by atoms with Crippen LogP contribution in [0.2, 0.25) is 0 Å². The number of anilines is 2. The van der Waals surface area contributed by atoms with E-state index < -0.39 is 0 Å². The molecule has 5 heteroatoms. The minimum atomic E-state index is -0.275. The van der Waals surface area contributed by atoms with Gasteiger partial charge in [0.25, 0.3) is 5.91 Å². The van der Waals surface area contributed by atoms with Crippen LogP contribution in [-0.4, -0.2) is 5.91 Å². The number of fused-ring (bicyclic) bond motifs is 1. The highest BCUT2D eigenvalue weighted by atomic mass is 127. The third-order valence-electron chi connectivity index (χ3n) is 2.63. The van der Waals surface area contributed by atoms with Crippen LogP contribution < -0.4 is 10.6 Å². The smallest absolute Gasteiger partial charge is 0.252 e. The minimum absolute atomic E-state index is 0.00181. The summed E-state index contributed by atoms with van der Waals surface area (Å²) >= 11 is 3.82. The fourth-order valence-electron chi connectivity index (χ4n) is 1.83. The molecule has 2 heterocycles. The van der Waals surface area contributed by atoms with Crippen LogP contribution in [-0.2, 0) is 4.79 Å². The van der Waals surface area contributed by atoms with Crippen molar-refractivity contribution in [2.45, 2.75) is 6.04 Å². The molecule has 86 valence electrons. The molecular formula is C12H9IN2OS. The molecule has 0 radical (unpaired) electrons. The maximum absolute atomic E-state index is 12.0. The van der Waals surface area contributed by atoms with Gasteiger partial charge < -0.3 is 10.6 Å². The highest BCUT2D eigenvalue weighted by molar-refractivity contribution is 14.1. The summed E-state index contributed by atoms with van der Waals surface area (Å²) in [4.78, 5) is 13.0. The maximum Gasteiger partial charge on any atom is 0.252 e. The Morgan fingerprint density at radius 1 is 1.24 bits per heavy atom. The molecule has 1 unspecified atom stereocenters. The van der Waals surface area contributed by atoms with E-state index >= 15 is 0 Å². The first kappa shape index (κ1) is 11.0. The van der Waals surface area contributed by atoms with Crippen molar-refractivity contribution in [1.82, 2.24) is 0 Å². The second-order valence-electron chi connectivity index (χ2n) is 3.77. The number of halogens is 1. The van der Waals surface area contributed by atoms with Gasteiger partial charge in [0, 0.05) is 8.45 Å². The molecule has 1 atom stereocenters. The molecule has 0 spiro atoms. The second-order valence-corrected chi connectivity index (χ2v) is 6.00.